The molecule has 3 saturated carbocycles. The maximum atomic E-state index is 15.7. The first-order chi connectivity index (χ1) is 23.9. The van der Waals surface area contributed by atoms with Crippen molar-refractivity contribution in [1.29, 1.82) is 0 Å². The number of carbonyl (C=O) groups is 1. The van der Waals surface area contributed by atoms with E-state index in [-0.39, 0.29) is 47.5 Å². The lowest BCUT2D eigenvalue weighted by Crippen LogP contribution is -2.55. The normalized spacial score (nSPS) is 29.2. The number of rotatable bonds is 13. The van der Waals surface area contributed by atoms with Crippen LogP contribution in [-0.4, -0.2) is 79.6 Å². The van der Waals surface area contributed by atoms with Gasteiger partial charge in [-0.1, -0.05) is 56.6 Å². The van der Waals surface area contributed by atoms with Crippen LogP contribution in [0.4, 0.5) is 4.39 Å². The summed E-state index contributed by atoms with van der Waals surface area (Å²) < 4.78 is 49.3. The molecule has 0 aromatic heterocycles. The molecule has 2 aromatic rings. The molecule has 0 spiro atoms. The van der Waals surface area contributed by atoms with Crippen LogP contribution in [0.25, 0.3) is 0 Å². The molecule has 51 heavy (non-hydrogen) atoms. The number of fused-ring (bicyclic) bond motifs is 1. The lowest BCUT2D eigenvalue weighted by Gasteiger charge is -2.46. The number of methoxy groups -OCH3 is 1. The van der Waals surface area contributed by atoms with E-state index in [0.29, 0.717) is 35.4 Å². The van der Waals surface area contributed by atoms with Gasteiger partial charge in [-0.3, -0.25) is 9.69 Å². The summed E-state index contributed by atoms with van der Waals surface area (Å²) in [6.07, 6.45) is 6.96. The highest BCUT2D eigenvalue weighted by Crippen LogP contribution is 2.60. The fourth-order valence-corrected chi connectivity index (χ4v) is 11.8. The molecule has 282 valence electrons. The number of hydrogen-bond acceptors (Lipinski definition) is 6. The summed E-state index contributed by atoms with van der Waals surface area (Å²) in [6.45, 7) is 10.4. The molecule has 0 radical (unpaired) electrons. The van der Waals surface area contributed by atoms with Gasteiger partial charge in [0, 0.05) is 48.3 Å². The molecule has 8 nitrogen and oxygen atoms in total. The third-order valence-corrected chi connectivity index (χ3v) is 14.2. The average molecular weight is 745 g/mol. The Labute approximate surface area is 310 Å². The van der Waals surface area contributed by atoms with Crippen molar-refractivity contribution in [2.45, 2.75) is 110 Å². The summed E-state index contributed by atoms with van der Waals surface area (Å²) in [5.74, 6) is 2.52. The summed E-state index contributed by atoms with van der Waals surface area (Å²) in [7, 11) is 1.92. The van der Waals surface area contributed by atoms with Crippen LogP contribution in [-0.2, 0) is 34.5 Å². The van der Waals surface area contributed by atoms with Gasteiger partial charge in [-0.2, -0.15) is 4.31 Å². The second-order valence-corrected chi connectivity index (χ2v) is 20.3. The molecule has 1 heterocycles. The number of sulfonamides is 1. The molecule has 3 aliphatic carbocycles. The maximum absolute atomic E-state index is 15.7. The van der Waals surface area contributed by atoms with Crippen LogP contribution in [0.3, 0.4) is 0 Å². The number of halogens is 2. The Morgan fingerprint density at radius 3 is 2.55 bits per heavy atom. The second-order valence-electron chi connectivity index (χ2n) is 17.8. The zero-order valence-corrected chi connectivity index (χ0v) is 33.1. The summed E-state index contributed by atoms with van der Waals surface area (Å²) in [5.41, 5.74) is 1.89. The van der Waals surface area contributed by atoms with Gasteiger partial charge in [0.2, 0.25) is 15.9 Å². The number of likely N-dealkylation sites (N-methyl/N-ethyl adjacent to an activating group) is 1. The molecule has 2 aromatic carbocycles. The van der Waals surface area contributed by atoms with E-state index < -0.39 is 21.9 Å². The van der Waals surface area contributed by atoms with Gasteiger partial charge < -0.3 is 15.0 Å². The maximum Gasteiger partial charge on any atom is 0.238 e. The van der Waals surface area contributed by atoms with Gasteiger partial charge in [-0.25, -0.2) is 12.8 Å². The zero-order chi connectivity index (χ0) is 36.9. The summed E-state index contributed by atoms with van der Waals surface area (Å²) >= 11 is 6.61. The number of ether oxygens (including phenoxy) is 1. The van der Waals surface area contributed by atoms with Crippen molar-refractivity contribution in [1.82, 2.24) is 19.4 Å². The molecular formula is C40H58ClFN4O4S. The highest BCUT2D eigenvalue weighted by atomic mass is 35.5. The lowest BCUT2D eigenvalue weighted by atomic mass is 9.62. The van der Waals surface area contributed by atoms with Gasteiger partial charge in [-0.15, -0.1) is 0 Å². The third kappa shape index (κ3) is 8.77. The molecule has 1 N–H and O–H groups in total. The first-order valence-electron chi connectivity index (χ1n) is 18.7. The van der Waals surface area contributed by atoms with Crippen LogP contribution in [0.1, 0.15) is 89.3 Å². The topological polar surface area (TPSA) is 82.2 Å². The number of carbonyl (C=O) groups excluding carboxylic acids is 1. The van der Waals surface area contributed by atoms with E-state index >= 15 is 4.39 Å². The van der Waals surface area contributed by atoms with E-state index in [4.69, 9.17) is 16.3 Å². The average Bonchev–Trinajstić information content (AvgIpc) is 3.46. The second kappa shape index (κ2) is 14.9. The predicted octanol–water partition coefficient (Wildman–Crippen LogP) is 7.09. The zero-order valence-electron chi connectivity index (χ0n) is 31.6. The number of nitrogens with zero attached hydrogens (tertiary/aromatic N) is 3. The first kappa shape index (κ1) is 38.5. The minimum absolute atomic E-state index is 0.00486. The van der Waals surface area contributed by atoms with Crippen LogP contribution in [0.5, 0.6) is 5.75 Å². The molecular weight excluding hydrogens is 687 g/mol. The Kier molecular flexibility index (Phi) is 11.2. The Bertz CT molecular complexity index is 1690. The van der Waals surface area contributed by atoms with Crippen LogP contribution >= 0.6 is 11.6 Å². The SMILES string of the molecule is COc1ccc(Cl)c(CN(Cc2cccc(CN3C(C(=O)NC4(C)CC5CC6CC(C4)C6C5)CCS3(=O)=O)c2)C(CN(C)C)CC(C)(C)C)c1F. The third-order valence-electron chi connectivity index (χ3n) is 12.0. The van der Waals surface area contributed by atoms with E-state index in [1.807, 2.05) is 38.4 Å². The summed E-state index contributed by atoms with van der Waals surface area (Å²) in [6, 6.07) is 10.5. The van der Waals surface area contributed by atoms with Crippen molar-refractivity contribution in [3.05, 3.63) is 63.9 Å². The highest BCUT2D eigenvalue weighted by Gasteiger charge is 2.54. The van der Waals surface area contributed by atoms with Gasteiger partial charge in [0.1, 0.15) is 6.04 Å². The van der Waals surface area contributed by atoms with Crippen LogP contribution in [0, 0.1) is 34.9 Å². The first-order valence-corrected chi connectivity index (χ1v) is 20.7. The summed E-state index contributed by atoms with van der Waals surface area (Å²) in [4.78, 5) is 18.3. The van der Waals surface area contributed by atoms with Crippen molar-refractivity contribution in [2.75, 3.05) is 33.5 Å². The van der Waals surface area contributed by atoms with E-state index in [1.165, 1.54) is 30.7 Å². The fraction of sp³-hybridized carbons (Fsp3) is 0.675. The molecule has 1 amide bonds. The number of nitrogens with one attached hydrogen (secondary N) is 1. The van der Waals surface area contributed by atoms with Crippen LogP contribution < -0.4 is 10.1 Å². The van der Waals surface area contributed by atoms with Gasteiger partial charge in [0.15, 0.2) is 11.6 Å². The van der Waals surface area contributed by atoms with Gasteiger partial charge in [0.05, 0.1) is 12.9 Å². The molecule has 4 fully saturated rings. The lowest BCUT2D eigenvalue weighted by molar-refractivity contribution is -0.127. The molecule has 6 rings (SSSR count). The number of benzene rings is 2. The Balaban J connectivity index is 1.22. The van der Waals surface area contributed by atoms with Crippen molar-refractivity contribution in [3.8, 4) is 5.75 Å². The minimum Gasteiger partial charge on any atom is -0.494 e. The quantitative estimate of drug-likeness (QED) is 0.236. The van der Waals surface area contributed by atoms with Crippen molar-refractivity contribution >= 4 is 27.5 Å². The number of hydrogen-bond donors (Lipinski definition) is 1. The van der Waals surface area contributed by atoms with Crippen molar-refractivity contribution < 1.29 is 22.3 Å². The van der Waals surface area contributed by atoms with Gasteiger partial charge >= 0.3 is 0 Å². The molecule has 11 heteroatoms. The number of amides is 1. The largest absolute Gasteiger partial charge is 0.494 e. The molecule has 4 aliphatic rings. The monoisotopic (exact) mass is 744 g/mol. The molecule has 2 bridgehead atoms. The Hall–Kier alpha value is -2.24. The van der Waals surface area contributed by atoms with E-state index in [1.54, 1.807) is 12.1 Å². The molecule has 7 atom stereocenters. The Morgan fingerprint density at radius 2 is 1.84 bits per heavy atom. The van der Waals surface area contributed by atoms with Crippen molar-refractivity contribution in [3.63, 3.8) is 0 Å². The predicted molar refractivity (Wildman–Crippen MR) is 201 cm³/mol. The van der Waals surface area contributed by atoms with Crippen molar-refractivity contribution in [2.24, 2.45) is 29.1 Å². The van der Waals surface area contributed by atoms with E-state index in [2.05, 4.69) is 42.8 Å². The van der Waals surface area contributed by atoms with Crippen LogP contribution in [0.15, 0.2) is 36.4 Å². The van der Waals surface area contributed by atoms with E-state index in [0.717, 1.165) is 48.8 Å². The standard InChI is InChI=1S/C40H58ClFN4O4S/c1-39(2,3)21-31(24-44(5)6)45(25-33-34(41)11-12-36(50-7)37(33)42)22-26-9-8-10-27(15-26)23-46-35(13-14-51(46,48)49)38(47)43-40(4)19-28-16-29-18-30(20-40)32(29)17-28/h8-12,15,28-32,35H,13-14,16-25H2,1-7H3,(H,43,47). The highest BCUT2D eigenvalue weighted by molar-refractivity contribution is 7.89. The molecule has 1 saturated heterocycles. The Morgan fingerprint density at radius 1 is 1.10 bits per heavy atom. The minimum atomic E-state index is -3.61. The summed E-state index contributed by atoms with van der Waals surface area (Å²) in [5, 5.41) is 3.73. The van der Waals surface area contributed by atoms with Crippen LogP contribution in [0.2, 0.25) is 5.02 Å². The fourth-order valence-electron chi connectivity index (χ4n) is 9.94. The van der Waals surface area contributed by atoms with Gasteiger partial charge in [-0.05, 0) is 118 Å². The molecule has 1 aliphatic heterocycles. The smallest absolute Gasteiger partial charge is 0.238 e. The van der Waals surface area contributed by atoms with Gasteiger partial charge in [0.25, 0.3) is 0 Å². The molecule has 7 unspecified atom stereocenters. The van der Waals surface area contributed by atoms with E-state index in [9.17, 15) is 13.2 Å².